The van der Waals surface area contributed by atoms with Gasteiger partial charge in [-0.25, -0.2) is 0 Å². The van der Waals surface area contributed by atoms with E-state index >= 15 is 0 Å². The Morgan fingerprint density at radius 2 is 1.00 bits per heavy atom. The Hall–Kier alpha value is -1.77. The minimum atomic E-state index is -4.77. The zero-order valence-corrected chi connectivity index (χ0v) is 13.3. The van der Waals surface area contributed by atoms with Gasteiger partial charge in [0.1, 0.15) is 0 Å². The molecule has 0 aromatic heterocycles. The van der Waals surface area contributed by atoms with Crippen LogP contribution >= 0.6 is 7.28 Å². The standard InChI is InChI=1S/C18H21O3P/c1-3-15-5-9-17(10-6-15)13-22(19,20,21)14-18-11-7-16(4-2)8-12-18/h3-12,19-21H,1-2,13-14H2. The zero-order valence-electron chi connectivity index (χ0n) is 12.4. The van der Waals surface area contributed by atoms with Gasteiger partial charge in [0.25, 0.3) is 0 Å². The van der Waals surface area contributed by atoms with Gasteiger partial charge in [0.2, 0.25) is 0 Å². The maximum atomic E-state index is 10.3. The third-order valence-corrected chi connectivity index (χ3v) is 5.47. The van der Waals surface area contributed by atoms with Crippen molar-refractivity contribution in [2.45, 2.75) is 12.3 Å². The molecule has 0 atom stereocenters. The fraction of sp³-hybridized carbons (Fsp3) is 0.111. The van der Waals surface area contributed by atoms with E-state index in [4.69, 9.17) is 0 Å². The second kappa shape index (κ2) is 6.15. The second-order valence-electron chi connectivity index (χ2n) is 5.55. The molecular formula is C18H21O3P. The summed E-state index contributed by atoms with van der Waals surface area (Å²) in [6.07, 6.45) is 3.10. The van der Waals surface area contributed by atoms with E-state index in [2.05, 4.69) is 13.2 Å². The first-order valence-corrected chi connectivity index (χ1v) is 9.44. The van der Waals surface area contributed by atoms with Crippen molar-refractivity contribution in [1.82, 2.24) is 0 Å². The molecule has 0 aliphatic rings. The van der Waals surface area contributed by atoms with E-state index in [9.17, 15) is 14.7 Å². The predicted molar refractivity (Wildman–Crippen MR) is 94.1 cm³/mol. The molecule has 0 bridgehead atoms. The Morgan fingerprint density at radius 1 is 0.682 bits per heavy atom. The quantitative estimate of drug-likeness (QED) is 0.707. The van der Waals surface area contributed by atoms with Gasteiger partial charge in [-0.1, -0.05) is 0 Å². The average Bonchev–Trinajstić information content (AvgIpc) is 2.47. The predicted octanol–water partition coefficient (Wildman–Crippen LogP) is 3.95. The fourth-order valence-electron chi connectivity index (χ4n) is 2.32. The van der Waals surface area contributed by atoms with Gasteiger partial charge in [-0.2, -0.15) is 0 Å². The molecule has 2 aromatic carbocycles. The Morgan fingerprint density at radius 3 is 1.27 bits per heavy atom. The zero-order chi connectivity index (χ0) is 16.2. The van der Waals surface area contributed by atoms with Crippen molar-refractivity contribution in [3.8, 4) is 0 Å². The first-order chi connectivity index (χ1) is 10.3. The van der Waals surface area contributed by atoms with Crippen LogP contribution in [0.1, 0.15) is 22.3 Å². The van der Waals surface area contributed by atoms with Crippen molar-refractivity contribution in [3.63, 3.8) is 0 Å². The van der Waals surface area contributed by atoms with Gasteiger partial charge in [-0.3, -0.25) is 0 Å². The molecule has 0 aliphatic heterocycles. The van der Waals surface area contributed by atoms with Crippen LogP contribution in [0.4, 0.5) is 0 Å². The molecule has 0 fully saturated rings. The number of rotatable bonds is 6. The summed E-state index contributed by atoms with van der Waals surface area (Å²) in [5.74, 6) is 0. The van der Waals surface area contributed by atoms with Crippen LogP contribution < -0.4 is 0 Å². The van der Waals surface area contributed by atoms with E-state index in [1.165, 1.54) is 0 Å². The third-order valence-electron chi connectivity index (χ3n) is 3.44. The van der Waals surface area contributed by atoms with E-state index < -0.39 is 7.28 Å². The summed E-state index contributed by atoms with van der Waals surface area (Å²) in [4.78, 5) is 31.0. The summed E-state index contributed by atoms with van der Waals surface area (Å²) in [5.41, 5.74) is 3.24. The summed E-state index contributed by atoms with van der Waals surface area (Å²) in [7, 11) is -4.77. The first-order valence-electron chi connectivity index (χ1n) is 6.98. The summed E-state index contributed by atoms with van der Waals surface area (Å²) in [5, 5.41) is 0. The summed E-state index contributed by atoms with van der Waals surface area (Å²) in [6.45, 7) is 7.34. The molecule has 0 spiro atoms. The first kappa shape index (κ1) is 16.6. The van der Waals surface area contributed by atoms with Crippen molar-refractivity contribution in [1.29, 1.82) is 0 Å². The van der Waals surface area contributed by atoms with E-state index in [1.54, 1.807) is 36.4 Å². The molecule has 3 nitrogen and oxygen atoms in total. The van der Waals surface area contributed by atoms with Crippen LogP contribution in [0.2, 0.25) is 0 Å². The molecule has 0 saturated heterocycles. The Balaban J connectivity index is 2.16. The maximum absolute atomic E-state index is 10.3. The molecule has 2 rings (SSSR count). The Kier molecular flexibility index (Phi) is 4.64. The molecule has 0 unspecified atom stereocenters. The number of hydrogen-bond acceptors (Lipinski definition) is 3. The van der Waals surface area contributed by atoms with Crippen LogP contribution in [0.3, 0.4) is 0 Å². The molecule has 0 saturated carbocycles. The summed E-state index contributed by atoms with van der Waals surface area (Å²) < 4.78 is 0. The van der Waals surface area contributed by atoms with Crippen LogP contribution in [-0.2, 0) is 12.3 Å². The van der Waals surface area contributed by atoms with E-state index in [1.807, 2.05) is 24.3 Å². The fourth-order valence-corrected chi connectivity index (χ4v) is 4.35. The molecular weight excluding hydrogens is 295 g/mol. The van der Waals surface area contributed by atoms with Gasteiger partial charge >= 0.3 is 130 Å². The van der Waals surface area contributed by atoms with E-state index in [-0.39, 0.29) is 12.3 Å². The molecule has 0 aliphatic carbocycles. The van der Waals surface area contributed by atoms with Gasteiger partial charge in [0, 0.05) is 0 Å². The van der Waals surface area contributed by atoms with Gasteiger partial charge < -0.3 is 0 Å². The number of hydrogen-bond donors (Lipinski definition) is 3. The van der Waals surface area contributed by atoms with Gasteiger partial charge in [0.05, 0.1) is 0 Å². The Labute approximate surface area is 131 Å². The van der Waals surface area contributed by atoms with Gasteiger partial charge in [-0.15, -0.1) is 0 Å². The normalized spacial score (nSPS) is 13.1. The van der Waals surface area contributed by atoms with E-state index in [0.29, 0.717) is 11.1 Å². The van der Waals surface area contributed by atoms with Crippen LogP contribution in [0.5, 0.6) is 0 Å². The molecule has 116 valence electrons. The van der Waals surface area contributed by atoms with Crippen LogP contribution in [0, 0.1) is 0 Å². The SMILES string of the molecule is C=Cc1ccc(CP(O)(O)(O)Cc2ccc(C=C)cc2)cc1. The molecule has 4 heteroatoms. The Bertz CT molecular complexity index is 607. The van der Waals surface area contributed by atoms with Gasteiger partial charge in [0.15, 0.2) is 0 Å². The third kappa shape index (κ3) is 4.62. The van der Waals surface area contributed by atoms with E-state index in [0.717, 1.165) is 11.1 Å². The molecule has 2 aromatic rings. The van der Waals surface area contributed by atoms with Crippen molar-refractivity contribution >= 4 is 19.4 Å². The monoisotopic (exact) mass is 316 g/mol. The van der Waals surface area contributed by atoms with Crippen molar-refractivity contribution in [2.75, 3.05) is 0 Å². The minimum absolute atomic E-state index is 0.160. The molecule has 22 heavy (non-hydrogen) atoms. The molecule has 0 radical (unpaired) electrons. The van der Waals surface area contributed by atoms with Gasteiger partial charge in [-0.05, 0) is 0 Å². The summed E-state index contributed by atoms with van der Waals surface area (Å²) >= 11 is 0. The van der Waals surface area contributed by atoms with Crippen LogP contribution in [0.25, 0.3) is 12.2 Å². The topological polar surface area (TPSA) is 60.7 Å². The van der Waals surface area contributed by atoms with Crippen molar-refractivity contribution in [3.05, 3.63) is 83.9 Å². The molecule has 3 N–H and O–H groups in total. The van der Waals surface area contributed by atoms with Crippen molar-refractivity contribution in [2.24, 2.45) is 0 Å². The summed E-state index contributed by atoms with van der Waals surface area (Å²) in [6, 6.07) is 14.4. The van der Waals surface area contributed by atoms with Crippen molar-refractivity contribution < 1.29 is 14.7 Å². The second-order valence-corrected chi connectivity index (χ2v) is 8.86. The van der Waals surface area contributed by atoms with Crippen LogP contribution in [-0.4, -0.2) is 14.7 Å². The molecule has 0 heterocycles. The number of benzene rings is 2. The molecule has 0 amide bonds. The van der Waals surface area contributed by atoms with Crippen LogP contribution in [0.15, 0.2) is 61.7 Å². The average molecular weight is 316 g/mol.